The normalized spacial score (nSPS) is 15.4. The van der Waals surface area contributed by atoms with Crippen molar-refractivity contribution in [1.29, 1.82) is 0 Å². The predicted octanol–water partition coefficient (Wildman–Crippen LogP) is -0.883. The summed E-state index contributed by atoms with van der Waals surface area (Å²) in [5.74, 6) is 0. The summed E-state index contributed by atoms with van der Waals surface area (Å²) in [6.07, 6.45) is 0.115. The molecule has 0 aliphatic rings. The first-order chi connectivity index (χ1) is 3.39. The first-order valence-electron chi connectivity index (χ1n) is 2.65. The van der Waals surface area contributed by atoms with Crippen LogP contribution >= 0.6 is 7.28 Å². The van der Waals surface area contributed by atoms with Gasteiger partial charge in [-0.3, -0.25) is 0 Å². The molecule has 0 saturated carbocycles. The second kappa shape index (κ2) is 3.30. The zero-order valence-corrected chi connectivity index (χ0v) is 6.10. The van der Waals surface area contributed by atoms with E-state index < -0.39 is 7.28 Å². The van der Waals surface area contributed by atoms with Gasteiger partial charge in [-0.05, 0) is 0 Å². The predicted molar refractivity (Wildman–Crippen MR) is 44.6 cm³/mol. The van der Waals surface area contributed by atoms with Crippen LogP contribution in [0.4, 0.5) is 0 Å². The van der Waals surface area contributed by atoms with E-state index in [4.69, 9.17) is 14.7 Å². The molecule has 3 nitrogen and oxygen atoms in total. The summed E-state index contributed by atoms with van der Waals surface area (Å²) < 4.78 is 0. The van der Waals surface area contributed by atoms with Crippen molar-refractivity contribution in [3.63, 3.8) is 0 Å². The van der Waals surface area contributed by atoms with Crippen molar-refractivity contribution in [3.05, 3.63) is 0 Å². The van der Waals surface area contributed by atoms with Gasteiger partial charge in [0, 0.05) is 0 Å². The minimum atomic E-state index is -4.10. The monoisotopic (exact) mass is 170 g/mol. The first kappa shape index (κ1) is 12.5. The largest absolute Gasteiger partial charge is 0.187 e. The van der Waals surface area contributed by atoms with Crippen LogP contribution in [-0.2, 0) is 0 Å². The van der Waals surface area contributed by atoms with Gasteiger partial charge in [0.2, 0.25) is 0 Å². The molecule has 9 heavy (non-hydrogen) atoms. The van der Waals surface area contributed by atoms with Gasteiger partial charge >= 0.3 is 48.1 Å². The van der Waals surface area contributed by atoms with Crippen molar-refractivity contribution in [1.82, 2.24) is 0 Å². The van der Waals surface area contributed by atoms with E-state index in [1.807, 2.05) is 0 Å². The minimum absolute atomic E-state index is 0. The van der Waals surface area contributed by atoms with Gasteiger partial charge in [-0.2, -0.15) is 0 Å². The van der Waals surface area contributed by atoms with E-state index in [0.717, 1.165) is 0 Å². The Morgan fingerprint density at radius 1 is 1.00 bits per heavy atom. The molecule has 58 valence electrons. The maximum atomic E-state index is 8.84. The molecule has 0 aromatic rings. The molecule has 0 atom stereocenters. The molecule has 0 rings (SSSR count). The molecule has 0 heterocycles. The van der Waals surface area contributed by atoms with Crippen molar-refractivity contribution in [2.75, 3.05) is 12.3 Å². The van der Waals surface area contributed by atoms with E-state index in [2.05, 4.69) is 0 Å². The summed E-state index contributed by atoms with van der Waals surface area (Å²) in [6, 6.07) is 0. The Morgan fingerprint density at radius 2 is 1.22 bits per heavy atom. The first-order valence-corrected chi connectivity index (χ1v) is 5.11. The minimum Gasteiger partial charge on any atom is 0.187 e. The summed E-state index contributed by atoms with van der Waals surface area (Å²) in [5, 5.41) is 0. The van der Waals surface area contributed by atoms with Gasteiger partial charge < -0.3 is 0 Å². The summed E-state index contributed by atoms with van der Waals surface area (Å²) in [4.78, 5) is 26.5. The third-order valence-corrected chi connectivity index (χ3v) is 3.89. The van der Waals surface area contributed by atoms with Gasteiger partial charge in [0.1, 0.15) is 0 Å². The van der Waals surface area contributed by atoms with Crippen molar-refractivity contribution < 1.29 is 14.7 Å². The smallest absolute Gasteiger partial charge is 0.187 e. The Kier molecular flexibility index (Phi) is 4.58. The fraction of sp³-hybridized carbons (Fsp3) is 1.00. The second-order valence-electron chi connectivity index (χ2n) is 1.97. The zero-order chi connectivity index (χ0) is 6.86. The topological polar surface area (TPSA) is 60.7 Å². The molecular formula is C4H16AlO3P. The molecule has 0 fully saturated rings. The Hall–Kier alpha value is 0.842. The van der Waals surface area contributed by atoms with E-state index in [1.54, 1.807) is 13.8 Å². The fourth-order valence-electron chi connectivity index (χ4n) is 0.224. The van der Waals surface area contributed by atoms with Crippen molar-refractivity contribution in [3.8, 4) is 0 Å². The summed E-state index contributed by atoms with van der Waals surface area (Å²) >= 11 is 0. The Bertz CT molecular complexity index is 79.5. The van der Waals surface area contributed by atoms with E-state index in [1.165, 1.54) is 0 Å². The quantitative estimate of drug-likeness (QED) is 0.372. The van der Waals surface area contributed by atoms with E-state index >= 15 is 0 Å². The Balaban J connectivity index is 0. The van der Waals surface area contributed by atoms with E-state index in [9.17, 15) is 0 Å². The molecule has 0 bridgehead atoms. The fourth-order valence-corrected chi connectivity index (χ4v) is 0.671. The van der Waals surface area contributed by atoms with Gasteiger partial charge in [-0.1, -0.05) is 0 Å². The molecule has 0 aromatic carbocycles. The van der Waals surface area contributed by atoms with E-state index in [-0.39, 0.29) is 29.7 Å². The standard InChI is InChI=1S/C4H13O3P.Al.3H/c1-3-8(5,6,7)4-2;;;;/h5-7H,3-4H2,1-2H3;;;;. The SMILES string of the molecule is CCP(O)(O)(O)CC.[AlH3]. The van der Waals surface area contributed by atoms with Crippen LogP contribution in [0.3, 0.4) is 0 Å². The molecular weight excluding hydrogens is 154 g/mol. The second-order valence-corrected chi connectivity index (χ2v) is 5.92. The van der Waals surface area contributed by atoms with Gasteiger partial charge in [0.25, 0.3) is 0 Å². The third kappa shape index (κ3) is 5.29. The molecule has 5 heteroatoms. The molecule has 0 aromatic heterocycles. The Labute approximate surface area is 66.0 Å². The summed E-state index contributed by atoms with van der Waals surface area (Å²) in [5.41, 5.74) is 0. The van der Waals surface area contributed by atoms with Crippen LogP contribution in [0.1, 0.15) is 13.8 Å². The zero-order valence-electron chi connectivity index (χ0n) is 5.20. The molecule has 0 spiro atoms. The van der Waals surface area contributed by atoms with Crippen LogP contribution in [-0.4, -0.2) is 44.4 Å². The number of rotatable bonds is 2. The van der Waals surface area contributed by atoms with Crippen molar-refractivity contribution in [2.45, 2.75) is 13.8 Å². The van der Waals surface area contributed by atoms with Gasteiger partial charge in [0.15, 0.2) is 17.4 Å². The van der Waals surface area contributed by atoms with Crippen LogP contribution in [0.2, 0.25) is 0 Å². The van der Waals surface area contributed by atoms with Gasteiger partial charge in [-0.25, -0.2) is 0 Å². The van der Waals surface area contributed by atoms with Crippen molar-refractivity contribution >= 4 is 24.6 Å². The van der Waals surface area contributed by atoms with Crippen LogP contribution in [0.5, 0.6) is 0 Å². The maximum absolute atomic E-state index is 8.84. The summed E-state index contributed by atoms with van der Waals surface area (Å²) in [7, 11) is -4.10. The number of hydrogen-bond acceptors (Lipinski definition) is 3. The molecule has 3 N–H and O–H groups in total. The third-order valence-electron chi connectivity index (χ3n) is 1.30. The molecule has 0 aliphatic carbocycles. The average Bonchev–Trinajstić information content (AvgIpc) is 1.68. The van der Waals surface area contributed by atoms with Gasteiger partial charge in [0.05, 0.1) is 0 Å². The Morgan fingerprint density at radius 3 is 1.22 bits per heavy atom. The van der Waals surface area contributed by atoms with Crippen molar-refractivity contribution in [2.24, 2.45) is 0 Å². The van der Waals surface area contributed by atoms with Gasteiger partial charge in [-0.15, -0.1) is 0 Å². The molecule has 0 amide bonds. The van der Waals surface area contributed by atoms with Crippen LogP contribution < -0.4 is 0 Å². The number of hydrogen-bond donors (Lipinski definition) is 3. The van der Waals surface area contributed by atoms with Crippen LogP contribution in [0, 0.1) is 0 Å². The van der Waals surface area contributed by atoms with Crippen LogP contribution in [0.15, 0.2) is 0 Å². The molecule has 0 aliphatic heterocycles. The van der Waals surface area contributed by atoms with Crippen LogP contribution in [0.25, 0.3) is 0 Å². The molecule has 0 saturated heterocycles. The van der Waals surface area contributed by atoms with E-state index in [0.29, 0.717) is 0 Å². The molecule has 0 unspecified atom stereocenters. The summed E-state index contributed by atoms with van der Waals surface area (Å²) in [6.45, 7) is 3.11. The average molecular weight is 170 g/mol. The molecule has 0 radical (unpaired) electrons. The maximum Gasteiger partial charge on any atom is 0.187 e.